The molecule has 0 amide bonds. The van der Waals surface area contributed by atoms with E-state index in [0.717, 1.165) is 60.1 Å². The van der Waals surface area contributed by atoms with Gasteiger partial charge >= 0.3 is 5.97 Å². The van der Waals surface area contributed by atoms with Gasteiger partial charge in [0.1, 0.15) is 23.9 Å². The van der Waals surface area contributed by atoms with Crippen molar-refractivity contribution in [3.63, 3.8) is 0 Å². The highest BCUT2D eigenvalue weighted by molar-refractivity contribution is 5.71. The quantitative estimate of drug-likeness (QED) is 0.0485. The number of hydrogen-bond acceptors (Lipinski definition) is 6. The van der Waals surface area contributed by atoms with Crippen molar-refractivity contribution in [1.82, 2.24) is 0 Å². The zero-order valence-electron chi connectivity index (χ0n) is 27.6. The van der Waals surface area contributed by atoms with E-state index in [1.807, 2.05) is 30.3 Å². The molecular weight excluding hydrogens is 585 g/mol. The van der Waals surface area contributed by atoms with Crippen molar-refractivity contribution in [2.45, 2.75) is 77.9 Å². The van der Waals surface area contributed by atoms with Gasteiger partial charge in [0.2, 0.25) is 0 Å². The molecule has 0 heterocycles. The number of rotatable bonds is 17. The molecule has 0 aromatic heterocycles. The summed E-state index contributed by atoms with van der Waals surface area (Å²) in [6, 6.07) is 18.7. The first kappa shape index (κ1) is 34.8. The van der Waals surface area contributed by atoms with E-state index in [2.05, 4.69) is 42.9 Å². The zero-order chi connectivity index (χ0) is 33.1. The Morgan fingerprint density at radius 2 is 1.80 bits per heavy atom. The van der Waals surface area contributed by atoms with Crippen molar-refractivity contribution in [3.8, 4) is 22.6 Å². The number of benzene rings is 3. The summed E-state index contributed by atoms with van der Waals surface area (Å²) >= 11 is 0. The second kappa shape index (κ2) is 16.5. The fraction of sp³-hybridized carbons (Fsp3) is 0.486. The first-order valence-corrected chi connectivity index (χ1v) is 16.0. The van der Waals surface area contributed by atoms with Crippen LogP contribution in [-0.4, -0.2) is 33.3 Å². The number of nitrogens with zero attached hydrogens (tertiary/aromatic N) is 3. The normalized spacial score (nSPS) is 14.2. The number of halogens is 1. The molecule has 0 bridgehead atoms. The molecule has 1 saturated carbocycles. The Balaban J connectivity index is 1.61. The van der Waals surface area contributed by atoms with Gasteiger partial charge in [0, 0.05) is 23.6 Å². The van der Waals surface area contributed by atoms with Crippen LogP contribution in [0.15, 0.2) is 65.8 Å². The van der Waals surface area contributed by atoms with Crippen LogP contribution in [0.4, 0.5) is 4.39 Å². The van der Waals surface area contributed by atoms with Gasteiger partial charge in [-0.2, -0.15) is 0 Å². The maximum atomic E-state index is 15.3. The molecule has 9 heteroatoms. The lowest BCUT2D eigenvalue weighted by atomic mass is 9.81. The van der Waals surface area contributed by atoms with Crippen molar-refractivity contribution >= 4 is 5.97 Å². The van der Waals surface area contributed by atoms with E-state index < -0.39 is 0 Å². The maximum absolute atomic E-state index is 15.3. The third-order valence-corrected chi connectivity index (χ3v) is 8.40. The van der Waals surface area contributed by atoms with Crippen LogP contribution >= 0.6 is 0 Å². The van der Waals surface area contributed by atoms with Crippen LogP contribution in [0, 0.1) is 17.2 Å². The molecule has 1 unspecified atom stereocenters. The lowest BCUT2D eigenvalue weighted by Crippen LogP contribution is -2.23. The van der Waals surface area contributed by atoms with Gasteiger partial charge in [-0.05, 0) is 107 Å². The molecule has 1 fully saturated rings. The third-order valence-electron chi connectivity index (χ3n) is 8.40. The Bertz CT molecular complexity index is 1510. The molecule has 8 nitrogen and oxygen atoms in total. The summed E-state index contributed by atoms with van der Waals surface area (Å²) in [7, 11) is 3.00. The molecule has 0 N–H and O–H groups in total. The largest absolute Gasteiger partial charge is 0.497 e. The fourth-order valence-corrected chi connectivity index (χ4v) is 5.84. The van der Waals surface area contributed by atoms with Crippen molar-refractivity contribution in [2.24, 2.45) is 16.4 Å². The highest BCUT2D eigenvalue weighted by Gasteiger charge is 2.34. The molecule has 0 radical (unpaired) electrons. The molecule has 1 aliphatic rings. The van der Waals surface area contributed by atoms with Gasteiger partial charge in [-0.25, -0.2) is 4.39 Å². The van der Waals surface area contributed by atoms with Crippen LogP contribution in [0.1, 0.15) is 88.0 Å². The number of esters is 1. The van der Waals surface area contributed by atoms with E-state index in [0.29, 0.717) is 43.4 Å². The standard InChI is InChI=1S/C37H46FN3O5/c1-37(2,3)36(45-19-8-6-7-18-40-41-39)33-20-25(12-16-30(33)32-22-28(43-4)15-17-34(32)38)24-46-29-11-9-10-27(21-29)31(26-13-14-26)23-35(42)44-5/h9-12,15-17,20-22,26,31,36H,6-8,13-14,18-19,23-24H2,1-5H3/t31-,36?/m0/s1. The van der Waals surface area contributed by atoms with E-state index in [-0.39, 0.29) is 29.2 Å². The SMILES string of the molecule is COC(=O)C[C@H](c1cccc(OCc2ccc(-c3cc(OC)ccc3F)c(C(OCCCCCN=[N+]=[N-])C(C)(C)C)c2)c1)C1CC1. The number of azide groups is 1. The minimum atomic E-state index is -0.342. The first-order chi connectivity index (χ1) is 22.1. The highest BCUT2D eigenvalue weighted by atomic mass is 19.1. The molecule has 1 aliphatic carbocycles. The minimum absolute atomic E-state index is 0.114. The van der Waals surface area contributed by atoms with E-state index in [1.165, 1.54) is 13.2 Å². The van der Waals surface area contributed by atoms with Crippen LogP contribution in [0.5, 0.6) is 11.5 Å². The predicted molar refractivity (Wildman–Crippen MR) is 177 cm³/mol. The first-order valence-electron chi connectivity index (χ1n) is 16.0. The third kappa shape index (κ3) is 9.71. The summed E-state index contributed by atoms with van der Waals surface area (Å²) in [5.74, 6) is 1.35. The molecule has 4 rings (SSSR count). The van der Waals surface area contributed by atoms with Gasteiger partial charge in [0.15, 0.2) is 0 Å². The average molecular weight is 632 g/mol. The lowest BCUT2D eigenvalue weighted by Gasteiger charge is -2.33. The Kier molecular flexibility index (Phi) is 12.5. The summed E-state index contributed by atoms with van der Waals surface area (Å²) in [4.78, 5) is 14.9. The van der Waals surface area contributed by atoms with Gasteiger partial charge in [-0.3, -0.25) is 4.79 Å². The van der Waals surface area contributed by atoms with E-state index in [4.69, 9.17) is 24.5 Å². The van der Waals surface area contributed by atoms with Crippen molar-refractivity contribution in [3.05, 3.63) is 93.6 Å². The predicted octanol–water partition coefficient (Wildman–Crippen LogP) is 9.72. The lowest BCUT2D eigenvalue weighted by molar-refractivity contribution is -0.141. The summed E-state index contributed by atoms with van der Waals surface area (Å²) in [6.07, 6.45) is 4.73. The number of unbranched alkanes of at least 4 members (excludes halogenated alkanes) is 2. The monoisotopic (exact) mass is 631 g/mol. The molecule has 46 heavy (non-hydrogen) atoms. The van der Waals surface area contributed by atoms with E-state index >= 15 is 4.39 Å². The summed E-state index contributed by atoms with van der Waals surface area (Å²) < 4.78 is 38.6. The van der Waals surface area contributed by atoms with Crippen molar-refractivity contribution in [1.29, 1.82) is 0 Å². The van der Waals surface area contributed by atoms with E-state index in [1.54, 1.807) is 19.2 Å². The molecular formula is C37H46FN3O5. The van der Waals surface area contributed by atoms with Crippen molar-refractivity contribution in [2.75, 3.05) is 27.4 Å². The van der Waals surface area contributed by atoms with Gasteiger partial charge in [-0.15, -0.1) is 0 Å². The molecule has 0 aliphatic heterocycles. The molecule has 2 atom stereocenters. The summed E-state index contributed by atoms with van der Waals surface area (Å²) in [6.45, 7) is 7.63. The Hall–Kier alpha value is -4.07. The Labute approximate surface area is 271 Å². The number of hydrogen-bond donors (Lipinski definition) is 0. The van der Waals surface area contributed by atoms with Gasteiger partial charge < -0.3 is 18.9 Å². The fourth-order valence-electron chi connectivity index (χ4n) is 5.84. The van der Waals surface area contributed by atoms with E-state index in [9.17, 15) is 4.79 Å². The molecule has 0 saturated heterocycles. The minimum Gasteiger partial charge on any atom is -0.497 e. The average Bonchev–Trinajstić information content (AvgIpc) is 3.89. The van der Waals surface area contributed by atoms with Crippen molar-refractivity contribution < 1.29 is 28.1 Å². The van der Waals surface area contributed by atoms with Gasteiger partial charge in [0.05, 0.1) is 26.7 Å². The Morgan fingerprint density at radius 1 is 1.00 bits per heavy atom. The number of carbonyl (C=O) groups is 1. The van der Waals surface area contributed by atoms with Crippen LogP contribution in [0.25, 0.3) is 21.6 Å². The molecule has 3 aromatic rings. The smallest absolute Gasteiger partial charge is 0.306 e. The maximum Gasteiger partial charge on any atom is 0.306 e. The van der Waals surface area contributed by atoms with Crippen LogP contribution in [0.3, 0.4) is 0 Å². The van der Waals surface area contributed by atoms with Crippen LogP contribution in [-0.2, 0) is 20.9 Å². The zero-order valence-corrected chi connectivity index (χ0v) is 27.6. The number of methoxy groups -OCH3 is 2. The second-order valence-electron chi connectivity index (χ2n) is 13.0. The number of carbonyl (C=O) groups excluding carboxylic acids is 1. The number of ether oxygens (including phenoxy) is 4. The summed E-state index contributed by atoms with van der Waals surface area (Å²) in [5.41, 5.74) is 12.3. The Morgan fingerprint density at radius 3 is 2.50 bits per heavy atom. The van der Waals surface area contributed by atoms with Gasteiger partial charge in [-0.1, -0.05) is 56.6 Å². The molecule has 3 aromatic carbocycles. The summed E-state index contributed by atoms with van der Waals surface area (Å²) in [5, 5.41) is 3.61. The molecule has 0 spiro atoms. The molecule has 246 valence electrons. The van der Waals surface area contributed by atoms with Crippen LogP contribution in [0.2, 0.25) is 0 Å². The highest BCUT2D eigenvalue weighted by Crippen LogP contribution is 2.46. The van der Waals surface area contributed by atoms with Gasteiger partial charge in [0.25, 0.3) is 0 Å². The van der Waals surface area contributed by atoms with Crippen LogP contribution < -0.4 is 9.47 Å². The second-order valence-corrected chi connectivity index (χ2v) is 13.0. The topological polar surface area (TPSA) is 103 Å².